The van der Waals surface area contributed by atoms with Crippen LogP contribution in [0.4, 0.5) is 0 Å². The topological polar surface area (TPSA) is 109 Å². The Morgan fingerprint density at radius 2 is 1.70 bits per heavy atom. The van der Waals surface area contributed by atoms with Crippen LogP contribution in [0.5, 0.6) is 0 Å². The van der Waals surface area contributed by atoms with E-state index in [0.717, 1.165) is 29.7 Å². The average Bonchev–Trinajstić information content (AvgIpc) is 3.31. The van der Waals surface area contributed by atoms with E-state index in [0.29, 0.717) is 41.0 Å². The van der Waals surface area contributed by atoms with E-state index in [4.69, 9.17) is 9.98 Å². The molecule has 0 bridgehead atoms. The van der Waals surface area contributed by atoms with Crippen molar-refractivity contribution >= 4 is 33.8 Å². The average molecular weight is 516 g/mol. The molecule has 190 valence electrons. The lowest BCUT2D eigenvalue weighted by molar-refractivity contribution is 0.613. The number of fused-ring (bicyclic) bond motifs is 1. The van der Waals surface area contributed by atoms with Crippen molar-refractivity contribution in [1.29, 1.82) is 0 Å². The number of aryl methyl sites for hydroxylation is 2. The number of thioether (sulfide) groups is 1. The summed E-state index contributed by atoms with van der Waals surface area (Å²) in [5.74, 6) is 1.15. The number of nitrogens with one attached hydrogen (secondary N) is 2. The van der Waals surface area contributed by atoms with Crippen LogP contribution in [0.2, 0.25) is 0 Å². The molecule has 5 rings (SSSR count). The zero-order valence-electron chi connectivity index (χ0n) is 20.8. The van der Waals surface area contributed by atoms with E-state index >= 15 is 0 Å². The first-order valence-electron chi connectivity index (χ1n) is 12.5. The molecule has 4 aromatic rings. The van der Waals surface area contributed by atoms with Crippen LogP contribution in [-0.4, -0.2) is 30.0 Å². The molecule has 1 atom stereocenters. The monoisotopic (exact) mass is 515 g/mol. The number of aliphatic imine (C=N–C) groups is 1. The minimum atomic E-state index is -0.421. The molecule has 0 saturated heterocycles. The summed E-state index contributed by atoms with van der Waals surface area (Å²) in [4.78, 5) is 37.3. The highest BCUT2D eigenvalue weighted by atomic mass is 32.2. The predicted molar refractivity (Wildman–Crippen MR) is 149 cm³/mol. The van der Waals surface area contributed by atoms with Crippen molar-refractivity contribution in [2.45, 2.75) is 51.6 Å². The van der Waals surface area contributed by atoms with Crippen LogP contribution in [0.25, 0.3) is 11.2 Å². The van der Waals surface area contributed by atoms with E-state index in [1.165, 1.54) is 11.8 Å². The number of aromatic amines is 1. The Morgan fingerprint density at radius 3 is 2.41 bits per heavy atom. The maximum atomic E-state index is 12.7. The number of rotatable bonds is 8. The Labute approximate surface area is 218 Å². The molecule has 9 nitrogen and oxygen atoms in total. The predicted octanol–water partition coefficient (Wildman–Crippen LogP) is 4.04. The first-order chi connectivity index (χ1) is 18.1. The van der Waals surface area contributed by atoms with Crippen molar-refractivity contribution in [3.63, 3.8) is 0 Å². The molecule has 0 aliphatic carbocycles. The Kier molecular flexibility index (Phi) is 7.36. The number of aromatic nitrogens is 4. The van der Waals surface area contributed by atoms with E-state index < -0.39 is 11.2 Å². The number of unbranched alkanes of at least 4 members (excludes halogenated alkanes) is 1. The highest BCUT2D eigenvalue weighted by molar-refractivity contribution is 8.13. The molecular formula is C27H29N7O2S. The van der Waals surface area contributed by atoms with Crippen molar-refractivity contribution in [3.8, 4) is 0 Å². The molecule has 2 N–H and O–H groups in total. The second kappa shape index (κ2) is 11.0. The fourth-order valence-corrected chi connectivity index (χ4v) is 5.24. The summed E-state index contributed by atoms with van der Waals surface area (Å²) < 4.78 is 3.44. The summed E-state index contributed by atoms with van der Waals surface area (Å²) in [6.07, 6.45) is 1.76. The van der Waals surface area contributed by atoms with E-state index in [1.807, 2.05) is 60.0 Å². The van der Waals surface area contributed by atoms with Crippen LogP contribution in [0.15, 0.2) is 80.3 Å². The van der Waals surface area contributed by atoms with Gasteiger partial charge >= 0.3 is 5.69 Å². The molecule has 37 heavy (non-hydrogen) atoms. The lowest BCUT2D eigenvalue weighted by atomic mass is 9.97. The summed E-state index contributed by atoms with van der Waals surface area (Å²) >= 11 is 1.44. The van der Waals surface area contributed by atoms with Crippen LogP contribution in [0.3, 0.4) is 0 Å². The first kappa shape index (κ1) is 24.8. The molecule has 0 fully saturated rings. The third-order valence-electron chi connectivity index (χ3n) is 6.33. The molecule has 3 heterocycles. The van der Waals surface area contributed by atoms with Crippen LogP contribution in [0, 0.1) is 0 Å². The molecule has 1 aliphatic rings. The van der Waals surface area contributed by atoms with E-state index in [2.05, 4.69) is 34.6 Å². The number of hydrogen-bond donors (Lipinski definition) is 2. The second-order valence-corrected chi connectivity index (χ2v) is 9.67. The number of H-pyrrole nitrogens is 1. The van der Waals surface area contributed by atoms with Crippen LogP contribution in [-0.2, 0) is 18.8 Å². The number of amidine groups is 1. The largest absolute Gasteiger partial charge is 0.330 e. The van der Waals surface area contributed by atoms with Crippen LogP contribution >= 0.6 is 11.8 Å². The minimum absolute atomic E-state index is 0.167. The van der Waals surface area contributed by atoms with Gasteiger partial charge < -0.3 is 4.57 Å². The maximum Gasteiger partial charge on any atom is 0.330 e. The Bertz CT molecular complexity index is 1570. The standard InChI is InChI=1S/C27H29N7O2S/c1-3-5-16-34-24-23(25(35)30-27(34)36)33(4-2)20(28-24)17-37-26-29-21(18-12-8-6-9-13-18)22(31-32-26)19-14-10-7-11-15-19/h6-15,22,31H,3-5,16-17H2,1-2H3,(H,30,35,36). The highest BCUT2D eigenvalue weighted by Gasteiger charge is 2.25. The van der Waals surface area contributed by atoms with Crippen molar-refractivity contribution in [1.82, 2.24) is 24.5 Å². The minimum Gasteiger partial charge on any atom is -0.322 e. The molecule has 0 radical (unpaired) electrons. The third kappa shape index (κ3) is 5.01. The molecule has 2 aromatic carbocycles. The van der Waals surface area contributed by atoms with Crippen molar-refractivity contribution in [2.24, 2.45) is 10.1 Å². The van der Waals surface area contributed by atoms with Gasteiger partial charge in [0.05, 0.1) is 11.5 Å². The Hall–Kier alpha value is -3.92. The first-order valence-corrected chi connectivity index (χ1v) is 13.5. The zero-order chi connectivity index (χ0) is 25.8. The quantitative estimate of drug-likeness (QED) is 0.368. The van der Waals surface area contributed by atoms with Gasteiger partial charge in [0.25, 0.3) is 5.56 Å². The molecule has 10 heteroatoms. The summed E-state index contributed by atoms with van der Waals surface area (Å²) in [5.41, 5.74) is 6.29. The van der Waals surface area contributed by atoms with Crippen molar-refractivity contribution in [2.75, 3.05) is 0 Å². The number of nitrogens with zero attached hydrogens (tertiary/aromatic N) is 5. The van der Waals surface area contributed by atoms with E-state index in [1.54, 1.807) is 4.57 Å². The molecule has 0 amide bonds. The van der Waals surface area contributed by atoms with Gasteiger partial charge in [-0.3, -0.25) is 19.8 Å². The van der Waals surface area contributed by atoms with Crippen LogP contribution < -0.4 is 16.7 Å². The van der Waals surface area contributed by atoms with Gasteiger partial charge in [-0.2, -0.15) is 5.10 Å². The summed E-state index contributed by atoms with van der Waals surface area (Å²) in [5, 5.41) is 5.14. The number of imidazole rings is 1. The third-order valence-corrected chi connectivity index (χ3v) is 7.17. The number of benzene rings is 2. The maximum absolute atomic E-state index is 12.7. The van der Waals surface area contributed by atoms with E-state index in [9.17, 15) is 9.59 Å². The molecule has 0 saturated carbocycles. The van der Waals surface area contributed by atoms with Crippen LogP contribution in [0.1, 0.15) is 49.7 Å². The normalized spacial score (nSPS) is 15.4. The van der Waals surface area contributed by atoms with Gasteiger partial charge in [-0.15, -0.1) is 0 Å². The van der Waals surface area contributed by atoms with E-state index in [-0.39, 0.29) is 6.04 Å². The molecule has 0 spiro atoms. The molecule has 1 unspecified atom stereocenters. The molecular weight excluding hydrogens is 486 g/mol. The highest BCUT2D eigenvalue weighted by Crippen LogP contribution is 2.26. The Balaban J connectivity index is 1.47. The fraction of sp³-hybridized carbons (Fsp3) is 0.296. The molecule has 1 aliphatic heterocycles. The van der Waals surface area contributed by atoms with Crippen molar-refractivity contribution < 1.29 is 0 Å². The zero-order valence-corrected chi connectivity index (χ0v) is 21.7. The summed E-state index contributed by atoms with van der Waals surface area (Å²) in [6, 6.07) is 20.0. The fourth-order valence-electron chi connectivity index (χ4n) is 4.48. The lowest BCUT2D eigenvalue weighted by Gasteiger charge is -2.24. The smallest absolute Gasteiger partial charge is 0.322 e. The van der Waals surface area contributed by atoms with Gasteiger partial charge in [-0.25, -0.2) is 14.8 Å². The van der Waals surface area contributed by atoms with Gasteiger partial charge in [-0.1, -0.05) is 85.8 Å². The summed E-state index contributed by atoms with van der Waals surface area (Å²) in [7, 11) is 0. The number of hydrazone groups is 1. The van der Waals surface area contributed by atoms with Gasteiger partial charge in [-0.05, 0) is 24.5 Å². The number of hydrogen-bond acceptors (Lipinski definition) is 7. The van der Waals surface area contributed by atoms with Gasteiger partial charge in [0.2, 0.25) is 5.17 Å². The van der Waals surface area contributed by atoms with Gasteiger partial charge in [0.15, 0.2) is 11.2 Å². The van der Waals surface area contributed by atoms with Gasteiger partial charge in [0, 0.05) is 13.1 Å². The Morgan fingerprint density at radius 1 is 0.973 bits per heavy atom. The second-order valence-electron chi connectivity index (χ2n) is 8.73. The van der Waals surface area contributed by atoms with Gasteiger partial charge in [0.1, 0.15) is 11.9 Å². The SMILES string of the molecule is CCCCn1c(=O)[nH]c(=O)c2c1nc(CSC1=NNC(c3ccccc3)C(c3ccccc3)=N1)n2CC. The lowest BCUT2D eigenvalue weighted by Crippen LogP contribution is -2.31. The van der Waals surface area contributed by atoms with Crippen molar-refractivity contribution in [3.05, 3.63) is 98.5 Å². The summed E-state index contributed by atoms with van der Waals surface area (Å²) in [6.45, 7) is 5.09. The molecule has 2 aromatic heterocycles.